The van der Waals surface area contributed by atoms with E-state index in [2.05, 4.69) is 58.3 Å². The van der Waals surface area contributed by atoms with E-state index in [1.807, 2.05) is 36.4 Å². The predicted molar refractivity (Wildman–Crippen MR) is 117 cm³/mol. The minimum absolute atomic E-state index is 0.117. The Morgan fingerprint density at radius 1 is 0.724 bits per heavy atom. The Balaban J connectivity index is 1.39. The van der Waals surface area contributed by atoms with Gasteiger partial charge in [-0.2, -0.15) is 0 Å². The van der Waals surface area contributed by atoms with Crippen LogP contribution in [0.25, 0.3) is 11.1 Å². The zero-order valence-electron chi connectivity index (χ0n) is 16.6. The largest absolute Gasteiger partial charge is 0.329 e. The van der Waals surface area contributed by atoms with Gasteiger partial charge in [-0.05, 0) is 41.7 Å². The minimum Gasteiger partial charge on any atom is -0.329 e. The number of carbonyl (C=O) groups is 1. The van der Waals surface area contributed by atoms with Crippen molar-refractivity contribution in [1.82, 2.24) is 9.80 Å². The number of rotatable bonds is 4. The highest BCUT2D eigenvalue weighted by Gasteiger charge is 2.37. The number of carbonyl (C=O) groups excluding carboxylic acids is 1. The third-order valence-corrected chi connectivity index (χ3v) is 6.16. The first-order valence-electron chi connectivity index (χ1n) is 10.5. The van der Waals surface area contributed by atoms with Crippen molar-refractivity contribution >= 4 is 5.91 Å². The fourth-order valence-corrected chi connectivity index (χ4v) is 4.38. The van der Waals surface area contributed by atoms with Crippen LogP contribution in [0.3, 0.4) is 0 Å². The standard InChI is InChI=1S/C26H26N2O/c29-26(23-13-11-21(12-14-23)20-7-3-1-4-8-20)28-18-17-27(24-15-16-24)19-25(28)22-9-5-2-6-10-22/h1-14,24-25H,15-19H2. The fourth-order valence-electron chi connectivity index (χ4n) is 4.38. The molecule has 3 heteroatoms. The lowest BCUT2D eigenvalue weighted by molar-refractivity contribution is 0.0433. The maximum atomic E-state index is 13.4. The molecule has 0 spiro atoms. The Morgan fingerprint density at radius 2 is 1.34 bits per heavy atom. The molecule has 1 atom stereocenters. The summed E-state index contributed by atoms with van der Waals surface area (Å²) >= 11 is 0. The second-order valence-corrected chi connectivity index (χ2v) is 8.09. The molecule has 1 unspecified atom stereocenters. The zero-order valence-corrected chi connectivity index (χ0v) is 16.6. The summed E-state index contributed by atoms with van der Waals surface area (Å²) in [4.78, 5) is 18.1. The number of hydrogen-bond acceptors (Lipinski definition) is 2. The Morgan fingerprint density at radius 3 is 2.00 bits per heavy atom. The summed E-state index contributed by atoms with van der Waals surface area (Å²) in [5.74, 6) is 0.133. The molecule has 5 rings (SSSR count). The number of nitrogens with zero attached hydrogens (tertiary/aromatic N) is 2. The van der Waals surface area contributed by atoms with Gasteiger partial charge in [-0.15, -0.1) is 0 Å². The summed E-state index contributed by atoms with van der Waals surface area (Å²) in [5, 5.41) is 0. The molecular formula is C26H26N2O. The highest BCUT2D eigenvalue weighted by atomic mass is 16.2. The van der Waals surface area contributed by atoms with Crippen molar-refractivity contribution in [3.63, 3.8) is 0 Å². The Bertz CT molecular complexity index is 965. The molecule has 0 N–H and O–H groups in total. The van der Waals surface area contributed by atoms with Crippen LogP contribution in [0.4, 0.5) is 0 Å². The minimum atomic E-state index is 0.117. The maximum absolute atomic E-state index is 13.4. The number of benzene rings is 3. The van der Waals surface area contributed by atoms with Gasteiger partial charge < -0.3 is 4.90 Å². The van der Waals surface area contributed by atoms with Gasteiger partial charge in [0.15, 0.2) is 0 Å². The normalized spacial score (nSPS) is 19.9. The molecule has 0 aromatic heterocycles. The van der Waals surface area contributed by atoms with Gasteiger partial charge in [0.25, 0.3) is 5.91 Å². The van der Waals surface area contributed by atoms with Gasteiger partial charge in [0, 0.05) is 31.2 Å². The smallest absolute Gasteiger partial charge is 0.254 e. The van der Waals surface area contributed by atoms with Gasteiger partial charge in [0.1, 0.15) is 0 Å². The number of hydrogen-bond donors (Lipinski definition) is 0. The number of amides is 1. The summed E-state index contributed by atoms with van der Waals surface area (Å²) in [6, 6.07) is 29.7. The van der Waals surface area contributed by atoms with Crippen LogP contribution in [-0.2, 0) is 0 Å². The monoisotopic (exact) mass is 382 g/mol. The van der Waals surface area contributed by atoms with Crippen molar-refractivity contribution in [2.45, 2.75) is 24.9 Å². The first kappa shape index (κ1) is 18.1. The molecule has 1 amide bonds. The predicted octanol–water partition coefficient (Wildman–Crippen LogP) is 5.02. The van der Waals surface area contributed by atoms with Gasteiger partial charge >= 0.3 is 0 Å². The second kappa shape index (κ2) is 7.84. The quantitative estimate of drug-likeness (QED) is 0.633. The second-order valence-electron chi connectivity index (χ2n) is 8.09. The molecular weight excluding hydrogens is 356 g/mol. The van der Waals surface area contributed by atoms with Crippen molar-refractivity contribution in [3.8, 4) is 11.1 Å². The highest BCUT2D eigenvalue weighted by molar-refractivity contribution is 5.95. The molecule has 2 fully saturated rings. The third kappa shape index (κ3) is 3.83. The van der Waals surface area contributed by atoms with E-state index in [0.717, 1.165) is 36.8 Å². The van der Waals surface area contributed by atoms with Gasteiger partial charge in [0.05, 0.1) is 6.04 Å². The van der Waals surface area contributed by atoms with Gasteiger partial charge in [-0.25, -0.2) is 0 Å². The first-order chi connectivity index (χ1) is 14.3. The molecule has 29 heavy (non-hydrogen) atoms. The van der Waals surface area contributed by atoms with Gasteiger partial charge in [0.2, 0.25) is 0 Å². The third-order valence-electron chi connectivity index (χ3n) is 6.16. The van der Waals surface area contributed by atoms with E-state index in [1.165, 1.54) is 24.0 Å². The van der Waals surface area contributed by atoms with Crippen molar-refractivity contribution in [2.24, 2.45) is 0 Å². The van der Waals surface area contributed by atoms with E-state index in [0.29, 0.717) is 0 Å². The zero-order chi connectivity index (χ0) is 19.6. The molecule has 1 heterocycles. The molecule has 0 bridgehead atoms. The molecule has 3 aromatic rings. The van der Waals surface area contributed by atoms with Crippen molar-refractivity contribution in [1.29, 1.82) is 0 Å². The topological polar surface area (TPSA) is 23.6 Å². The molecule has 3 nitrogen and oxygen atoms in total. The summed E-state index contributed by atoms with van der Waals surface area (Å²) in [6.45, 7) is 2.69. The molecule has 1 aliphatic carbocycles. The Kier molecular flexibility index (Phi) is 4.91. The van der Waals surface area contributed by atoms with E-state index in [-0.39, 0.29) is 11.9 Å². The average molecular weight is 383 g/mol. The Labute approximate surface area is 172 Å². The van der Waals surface area contributed by atoms with Crippen LogP contribution < -0.4 is 0 Å². The number of piperazine rings is 1. The van der Waals surface area contributed by atoms with E-state index < -0.39 is 0 Å². The van der Waals surface area contributed by atoms with Crippen LogP contribution in [0, 0.1) is 0 Å². The van der Waals surface area contributed by atoms with E-state index in [1.54, 1.807) is 0 Å². The van der Waals surface area contributed by atoms with Crippen molar-refractivity contribution in [2.75, 3.05) is 19.6 Å². The fraction of sp³-hybridized carbons (Fsp3) is 0.269. The lowest BCUT2D eigenvalue weighted by Crippen LogP contribution is -2.51. The van der Waals surface area contributed by atoms with Gasteiger partial charge in [-0.3, -0.25) is 9.69 Å². The SMILES string of the molecule is O=C(c1ccc(-c2ccccc2)cc1)N1CCN(C2CC2)CC1c1ccccc1. The van der Waals surface area contributed by atoms with Crippen LogP contribution in [0.1, 0.15) is 34.8 Å². The summed E-state index contributed by atoms with van der Waals surface area (Å²) in [6.07, 6.45) is 2.60. The van der Waals surface area contributed by atoms with Crippen LogP contribution in [0.15, 0.2) is 84.9 Å². The van der Waals surface area contributed by atoms with Gasteiger partial charge in [-0.1, -0.05) is 72.8 Å². The summed E-state index contributed by atoms with van der Waals surface area (Å²) in [5.41, 5.74) is 4.31. The highest BCUT2D eigenvalue weighted by Crippen LogP contribution is 2.34. The molecule has 1 saturated heterocycles. The molecule has 1 aliphatic heterocycles. The molecule has 1 saturated carbocycles. The van der Waals surface area contributed by atoms with Crippen LogP contribution >= 0.6 is 0 Å². The summed E-state index contributed by atoms with van der Waals surface area (Å²) in [7, 11) is 0. The van der Waals surface area contributed by atoms with Crippen LogP contribution in [-0.4, -0.2) is 41.4 Å². The maximum Gasteiger partial charge on any atom is 0.254 e. The van der Waals surface area contributed by atoms with E-state index in [9.17, 15) is 4.79 Å². The Hall–Kier alpha value is -2.91. The van der Waals surface area contributed by atoms with Crippen molar-refractivity contribution in [3.05, 3.63) is 96.1 Å². The lowest BCUT2D eigenvalue weighted by atomic mass is 9.99. The van der Waals surface area contributed by atoms with E-state index >= 15 is 0 Å². The average Bonchev–Trinajstić information content (AvgIpc) is 3.65. The molecule has 146 valence electrons. The first-order valence-corrected chi connectivity index (χ1v) is 10.5. The van der Waals surface area contributed by atoms with Crippen molar-refractivity contribution < 1.29 is 4.79 Å². The molecule has 2 aliphatic rings. The lowest BCUT2D eigenvalue weighted by Gasteiger charge is -2.42. The summed E-state index contributed by atoms with van der Waals surface area (Å²) < 4.78 is 0. The molecule has 3 aromatic carbocycles. The van der Waals surface area contributed by atoms with E-state index in [4.69, 9.17) is 0 Å². The van der Waals surface area contributed by atoms with Crippen LogP contribution in [0.2, 0.25) is 0 Å². The molecule has 0 radical (unpaired) electrons. The van der Waals surface area contributed by atoms with Crippen LogP contribution in [0.5, 0.6) is 0 Å².